The monoisotopic (exact) mass is 321 g/mol. The van der Waals surface area contributed by atoms with Crippen LogP contribution in [0.2, 0.25) is 5.02 Å². The third-order valence-electron chi connectivity index (χ3n) is 2.93. The Morgan fingerprint density at radius 1 is 1.41 bits per heavy atom. The summed E-state index contributed by atoms with van der Waals surface area (Å²) in [5.41, 5.74) is 0.898. The van der Waals surface area contributed by atoms with Crippen LogP contribution in [0.15, 0.2) is 45.7 Å². The molecule has 22 heavy (non-hydrogen) atoms. The van der Waals surface area contributed by atoms with Crippen LogP contribution in [0.5, 0.6) is 0 Å². The van der Waals surface area contributed by atoms with Gasteiger partial charge in [0.15, 0.2) is 11.2 Å². The molecule has 2 heterocycles. The first-order valence-corrected chi connectivity index (χ1v) is 6.61. The number of benzene rings is 1. The SMILES string of the molecule is O=C(Cn1c(=O)oc2cccnc21)Nc1ccc(F)c(Cl)c1. The molecule has 0 bridgehead atoms. The highest BCUT2D eigenvalue weighted by molar-refractivity contribution is 6.31. The highest BCUT2D eigenvalue weighted by Crippen LogP contribution is 2.19. The van der Waals surface area contributed by atoms with Crippen LogP contribution in [0.1, 0.15) is 0 Å². The van der Waals surface area contributed by atoms with E-state index in [0.717, 1.165) is 10.6 Å². The predicted molar refractivity (Wildman–Crippen MR) is 78.3 cm³/mol. The number of anilines is 1. The number of hydrogen-bond donors (Lipinski definition) is 1. The van der Waals surface area contributed by atoms with Gasteiger partial charge in [-0.15, -0.1) is 0 Å². The maximum Gasteiger partial charge on any atom is 0.421 e. The number of rotatable bonds is 3. The van der Waals surface area contributed by atoms with Crippen molar-refractivity contribution in [2.75, 3.05) is 5.32 Å². The number of nitrogens with one attached hydrogen (secondary N) is 1. The molecule has 0 unspecified atom stereocenters. The molecular weight excluding hydrogens is 313 g/mol. The zero-order valence-electron chi connectivity index (χ0n) is 11.0. The normalized spacial score (nSPS) is 10.8. The van der Waals surface area contributed by atoms with E-state index in [1.165, 1.54) is 18.3 Å². The van der Waals surface area contributed by atoms with E-state index in [1.807, 2.05) is 0 Å². The number of carbonyl (C=O) groups is 1. The minimum atomic E-state index is -0.680. The van der Waals surface area contributed by atoms with Gasteiger partial charge >= 0.3 is 5.76 Å². The van der Waals surface area contributed by atoms with Crippen molar-refractivity contribution in [3.63, 3.8) is 0 Å². The average molecular weight is 322 g/mol. The summed E-state index contributed by atoms with van der Waals surface area (Å²) in [6.45, 7) is -0.280. The molecule has 0 aliphatic carbocycles. The van der Waals surface area contributed by atoms with Gasteiger partial charge in [0.05, 0.1) is 5.02 Å². The van der Waals surface area contributed by atoms with E-state index in [4.69, 9.17) is 16.0 Å². The molecule has 0 radical (unpaired) electrons. The second-order valence-corrected chi connectivity index (χ2v) is 4.86. The van der Waals surface area contributed by atoms with E-state index in [-0.39, 0.29) is 17.2 Å². The average Bonchev–Trinajstić information content (AvgIpc) is 2.79. The van der Waals surface area contributed by atoms with Crippen LogP contribution in [0.4, 0.5) is 10.1 Å². The predicted octanol–water partition coefficient (Wildman–Crippen LogP) is 2.42. The van der Waals surface area contributed by atoms with Crippen LogP contribution in [-0.2, 0) is 11.3 Å². The quantitative estimate of drug-likeness (QED) is 0.803. The molecule has 8 heteroatoms. The summed E-state index contributed by atoms with van der Waals surface area (Å²) in [6.07, 6.45) is 1.49. The number of fused-ring (bicyclic) bond motifs is 1. The van der Waals surface area contributed by atoms with Crippen LogP contribution in [0, 0.1) is 5.82 Å². The van der Waals surface area contributed by atoms with Crippen molar-refractivity contribution in [1.29, 1.82) is 0 Å². The lowest BCUT2D eigenvalue weighted by atomic mass is 10.3. The summed E-state index contributed by atoms with van der Waals surface area (Å²) < 4.78 is 19.1. The molecule has 0 aliphatic heterocycles. The van der Waals surface area contributed by atoms with Crippen molar-refractivity contribution in [2.45, 2.75) is 6.54 Å². The van der Waals surface area contributed by atoms with Gasteiger partial charge in [-0.3, -0.25) is 4.79 Å². The molecule has 0 saturated carbocycles. The summed E-state index contributed by atoms with van der Waals surface area (Å²) in [7, 11) is 0. The van der Waals surface area contributed by atoms with Gasteiger partial charge in [0, 0.05) is 11.9 Å². The van der Waals surface area contributed by atoms with Gasteiger partial charge in [0.25, 0.3) is 0 Å². The van der Waals surface area contributed by atoms with Crippen molar-refractivity contribution in [2.24, 2.45) is 0 Å². The van der Waals surface area contributed by atoms with Gasteiger partial charge in [-0.1, -0.05) is 11.6 Å². The van der Waals surface area contributed by atoms with Gasteiger partial charge in [-0.2, -0.15) is 0 Å². The topological polar surface area (TPSA) is 77.1 Å². The van der Waals surface area contributed by atoms with Crippen molar-refractivity contribution in [1.82, 2.24) is 9.55 Å². The second kappa shape index (κ2) is 5.61. The molecule has 0 spiro atoms. The molecule has 0 saturated heterocycles. The Bertz CT molecular complexity index is 919. The number of pyridine rings is 1. The van der Waals surface area contributed by atoms with Crippen LogP contribution < -0.4 is 11.1 Å². The fourth-order valence-corrected chi connectivity index (χ4v) is 2.14. The molecule has 0 fully saturated rings. The number of halogens is 2. The Morgan fingerprint density at radius 3 is 3.00 bits per heavy atom. The maximum atomic E-state index is 13.1. The number of nitrogens with zero attached hydrogens (tertiary/aromatic N) is 2. The summed E-state index contributed by atoms with van der Waals surface area (Å²) in [4.78, 5) is 27.7. The highest BCUT2D eigenvalue weighted by Gasteiger charge is 2.13. The molecule has 3 rings (SSSR count). The molecule has 1 aromatic carbocycles. The molecule has 3 aromatic rings. The second-order valence-electron chi connectivity index (χ2n) is 4.46. The summed E-state index contributed by atoms with van der Waals surface area (Å²) >= 11 is 5.64. The first kappa shape index (κ1) is 14.3. The molecule has 0 aliphatic rings. The lowest BCUT2D eigenvalue weighted by Gasteiger charge is -2.06. The highest BCUT2D eigenvalue weighted by atomic mass is 35.5. The third kappa shape index (κ3) is 2.71. The number of carbonyl (C=O) groups excluding carboxylic acids is 1. The van der Waals surface area contributed by atoms with Crippen LogP contribution >= 0.6 is 11.6 Å². The largest absolute Gasteiger partial charge is 0.421 e. The fraction of sp³-hybridized carbons (Fsp3) is 0.0714. The zero-order chi connectivity index (χ0) is 15.7. The molecule has 1 amide bonds. The Balaban J connectivity index is 1.82. The Hall–Kier alpha value is -2.67. The smallest absolute Gasteiger partial charge is 0.406 e. The lowest BCUT2D eigenvalue weighted by Crippen LogP contribution is -2.25. The van der Waals surface area contributed by atoms with E-state index in [1.54, 1.807) is 12.1 Å². The Kier molecular flexibility index (Phi) is 3.64. The lowest BCUT2D eigenvalue weighted by molar-refractivity contribution is -0.116. The van der Waals surface area contributed by atoms with Gasteiger partial charge in [0.2, 0.25) is 5.91 Å². The number of amides is 1. The van der Waals surface area contributed by atoms with Crippen molar-refractivity contribution in [3.05, 3.63) is 57.9 Å². The molecular formula is C14H9ClFN3O3. The van der Waals surface area contributed by atoms with Crippen LogP contribution in [-0.4, -0.2) is 15.5 Å². The van der Waals surface area contributed by atoms with E-state index >= 15 is 0 Å². The van der Waals surface area contributed by atoms with Crippen molar-refractivity contribution < 1.29 is 13.6 Å². The Labute approximate surface area is 128 Å². The molecule has 2 aromatic heterocycles. The minimum absolute atomic E-state index is 0.106. The minimum Gasteiger partial charge on any atom is -0.406 e. The zero-order valence-corrected chi connectivity index (χ0v) is 11.8. The maximum absolute atomic E-state index is 13.1. The van der Waals surface area contributed by atoms with Crippen molar-refractivity contribution >= 4 is 34.4 Å². The van der Waals surface area contributed by atoms with Gasteiger partial charge in [0.1, 0.15) is 12.4 Å². The van der Waals surface area contributed by atoms with E-state index in [9.17, 15) is 14.0 Å². The third-order valence-corrected chi connectivity index (χ3v) is 3.22. The molecule has 112 valence electrons. The summed E-state index contributed by atoms with van der Waals surface area (Å²) in [6, 6.07) is 6.99. The molecule has 6 nitrogen and oxygen atoms in total. The van der Waals surface area contributed by atoms with E-state index < -0.39 is 17.5 Å². The van der Waals surface area contributed by atoms with Crippen LogP contribution in [0.3, 0.4) is 0 Å². The van der Waals surface area contributed by atoms with Gasteiger partial charge in [-0.25, -0.2) is 18.7 Å². The fourth-order valence-electron chi connectivity index (χ4n) is 1.96. The summed E-state index contributed by atoms with van der Waals surface area (Å²) in [5.74, 6) is -1.75. The van der Waals surface area contributed by atoms with Gasteiger partial charge < -0.3 is 9.73 Å². The summed E-state index contributed by atoms with van der Waals surface area (Å²) in [5, 5.41) is 2.41. The number of aromatic nitrogens is 2. The van der Waals surface area contributed by atoms with Gasteiger partial charge in [-0.05, 0) is 30.3 Å². The standard InChI is InChI=1S/C14H9ClFN3O3/c15-9-6-8(3-4-10(9)16)18-12(20)7-19-13-11(22-14(19)21)2-1-5-17-13/h1-6H,7H2,(H,18,20). The Morgan fingerprint density at radius 2 is 2.23 bits per heavy atom. The first-order chi connectivity index (χ1) is 10.5. The number of oxazole rings is 1. The van der Waals surface area contributed by atoms with E-state index in [0.29, 0.717) is 11.3 Å². The molecule has 1 N–H and O–H groups in total. The first-order valence-electron chi connectivity index (χ1n) is 6.24. The van der Waals surface area contributed by atoms with E-state index in [2.05, 4.69) is 10.3 Å². The van der Waals surface area contributed by atoms with Crippen molar-refractivity contribution in [3.8, 4) is 0 Å². The van der Waals surface area contributed by atoms with Crippen LogP contribution in [0.25, 0.3) is 11.2 Å². The number of hydrogen-bond acceptors (Lipinski definition) is 4. The molecule has 0 atom stereocenters.